The van der Waals surface area contributed by atoms with Gasteiger partial charge in [-0.15, -0.1) is 0 Å². The zero-order chi connectivity index (χ0) is 13.8. The molecule has 3 unspecified atom stereocenters. The van der Waals surface area contributed by atoms with E-state index in [1.807, 2.05) is 6.08 Å². The molecule has 0 bridgehead atoms. The Bertz CT molecular complexity index is 323. The van der Waals surface area contributed by atoms with Crippen molar-refractivity contribution in [2.45, 2.75) is 65.7 Å². The van der Waals surface area contributed by atoms with E-state index in [1.165, 1.54) is 32.1 Å². The first-order valence-corrected chi connectivity index (χ1v) is 8.28. The van der Waals surface area contributed by atoms with Gasteiger partial charge in [0.2, 0.25) is 0 Å². The summed E-state index contributed by atoms with van der Waals surface area (Å²) in [5.74, 6) is 3.81. The minimum Gasteiger partial charge on any atom is -0.295 e. The molecule has 19 heavy (non-hydrogen) atoms. The maximum absolute atomic E-state index is 12.2. The second kappa shape index (κ2) is 6.72. The van der Waals surface area contributed by atoms with Gasteiger partial charge in [0.05, 0.1) is 0 Å². The van der Waals surface area contributed by atoms with Crippen LogP contribution in [0, 0.1) is 29.6 Å². The molecule has 0 amide bonds. The van der Waals surface area contributed by atoms with Crippen LogP contribution in [0.2, 0.25) is 0 Å². The highest BCUT2D eigenvalue weighted by atomic mass is 16.1. The number of carbonyl (C=O) groups excluding carboxylic acids is 1. The third-order valence-corrected chi connectivity index (χ3v) is 5.42. The topological polar surface area (TPSA) is 17.1 Å². The molecule has 0 aromatic carbocycles. The summed E-state index contributed by atoms with van der Waals surface area (Å²) >= 11 is 0. The molecule has 1 heteroatoms. The van der Waals surface area contributed by atoms with Crippen LogP contribution in [0.25, 0.3) is 0 Å². The monoisotopic (exact) mass is 262 g/mol. The summed E-state index contributed by atoms with van der Waals surface area (Å²) in [5, 5.41) is 0. The molecule has 0 N–H and O–H groups in total. The molecule has 0 saturated heterocycles. The van der Waals surface area contributed by atoms with Gasteiger partial charge in [0.15, 0.2) is 5.78 Å². The van der Waals surface area contributed by atoms with Crippen LogP contribution in [0.3, 0.4) is 0 Å². The fraction of sp³-hybridized carbons (Fsp3) is 0.833. The molecular formula is C18H30O. The fourth-order valence-corrected chi connectivity index (χ4v) is 3.87. The Kier molecular flexibility index (Phi) is 5.24. The summed E-state index contributed by atoms with van der Waals surface area (Å²) in [6.07, 6.45) is 12.8. The van der Waals surface area contributed by atoms with Crippen LogP contribution >= 0.6 is 0 Å². The molecule has 108 valence electrons. The van der Waals surface area contributed by atoms with Crippen LogP contribution in [0.5, 0.6) is 0 Å². The standard InChI is InChI=1S/C18H30O/c1-13-4-8-17(9-5-13)18(19)11-10-16-7-6-14(2)12-15(16)3/h10-11,13-17H,4-9,12H2,1-3H3. The number of carbonyl (C=O) groups is 1. The minimum absolute atomic E-state index is 0.324. The largest absolute Gasteiger partial charge is 0.295 e. The van der Waals surface area contributed by atoms with Crippen molar-refractivity contribution in [3.8, 4) is 0 Å². The van der Waals surface area contributed by atoms with Gasteiger partial charge in [0.25, 0.3) is 0 Å². The van der Waals surface area contributed by atoms with Gasteiger partial charge in [-0.2, -0.15) is 0 Å². The molecule has 0 aliphatic heterocycles. The maximum atomic E-state index is 12.2. The molecule has 2 rings (SSSR count). The van der Waals surface area contributed by atoms with Gasteiger partial charge in [-0.25, -0.2) is 0 Å². The fourth-order valence-electron chi connectivity index (χ4n) is 3.87. The third kappa shape index (κ3) is 4.19. The second-order valence-electron chi connectivity index (χ2n) is 7.28. The molecule has 2 aliphatic rings. The molecule has 0 aromatic rings. The predicted octanol–water partition coefficient (Wildman–Crippen LogP) is 5.01. The Morgan fingerprint density at radius 1 is 0.895 bits per heavy atom. The van der Waals surface area contributed by atoms with Gasteiger partial charge in [-0.05, 0) is 55.4 Å². The first kappa shape index (κ1) is 14.8. The highest BCUT2D eigenvalue weighted by Gasteiger charge is 2.25. The van der Waals surface area contributed by atoms with E-state index < -0.39 is 0 Å². The van der Waals surface area contributed by atoms with Crippen molar-refractivity contribution in [2.75, 3.05) is 0 Å². The van der Waals surface area contributed by atoms with Crippen LogP contribution in [-0.2, 0) is 4.79 Å². The summed E-state index contributed by atoms with van der Waals surface area (Å²) in [7, 11) is 0. The summed E-state index contributed by atoms with van der Waals surface area (Å²) in [6.45, 7) is 7.00. The van der Waals surface area contributed by atoms with Crippen LogP contribution in [0.4, 0.5) is 0 Å². The first-order valence-electron chi connectivity index (χ1n) is 8.28. The Labute approximate surface area is 118 Å². The molecule has 0 aromatic heterocycles. The van der Waals surface area contributed by atoms with E-state index in [1.54, 1.807) is 0 Å². The van der Waals surface area contributed by atoms with Gasteiger partial charge >= 0.3 is 0 Å². The van der Waals surface area contributed by atoms with E-state index in [0.29, 0.717) is 17.6 Å². The quantitative estimate of drug-likeness (QED) is 0.653. The van der Waals surface area contributed by atoms with Crippen molar-refractivity contribution in [1.29, 1.82) is 0 Å². The van der Waals surface area contributed by atoms with Crippen LogP contribution in [0.1, 0.15) is 65.7 Å². The second-order valence-corrected chi connectivity index (χ2v) is 7.28. The molecule has 3 atom stereocenters. The van der Waals surface area contributed by atoms with Crippen LogP contribution < -0.4 is 0 Å². The Balaban J connectivity index is 1.83. The number of hydrogen-bond acceptors (Lipinski definition) is 1. The average molecular weight is 262 g/mol. The Morgan fingerprint density at radius 2 is 1.53 bits per heavy atom. The van der Waals surface area contributed by atoms with Crippen LogP contribution in [-0.4, -0.2) is 5.78 Å². The van der Waals surface area contributed by atoms with Crippen molar-refractivity contribution in [3.05, 3.63) is 12.2 Å². The lowest BCUT2D eigenvalue weighted by Gasteiger charge is -2.30. The number of allylic oxidation sites excluding steroid dienone is 2. The minimum atomic E-state index is 0.324. The number of hydrogen-bond donors (Lipinski definition) is 0. The van der Waals surface area contributed by atoms with Crippen LogP contribution in [0.15, 0.2) is 12.2 Å². The maximum Gasteiger partial charge on any atom is 0.158 e. The Morgan fingerprint density at radius 3 is 2.16 bits per heavy atom. The van der Waals surface area contributed by atoms with Gasteiger partial charge < -0.3 is 0 Å². The molecule has 2 saturated carbocycles. The van der Waals surface area contributed by atoms with E-state index in [4.69, 9.17) is 0 Å². The molecule has 0 radical (unpaired) electrons. The van der Waals surface area contributed by atoms with Crippen molar-refractivity contribution >= 4 is 5.78 Å². The summed E-state index contributed by atoms with van der Waals surface area (Å²) in [6, 6.07) is 0. The number of rotatable bonds is 3. The highest BCUT2D eigenvalue weighted by molar-refractivity contribution is 5.91. The molecule has 2 aliphatic carbocycles. The zero-order valence-electron chi connectivity index (χ0n) is 12.9. The smallest absolute Gasteiger partial charge is 0.158 e. The van der Waals surface area contributed by atoms with Crippen molar-refractivity contribution in [3.63, 3.8) is 0 Å². The Hall–Kier alpha value is -0.590. The van der Waals surface area contributed by atoms with Crippen molar-refractivity contribution in [1.82, 2.24) is 0 Å². The van der Waals surface area contributed by atoms with Gasteiger partial charge in [0, 0.05) is 5.92 Å². The first-order chi connectivity index (χ1) is 9.06. The highest BCUT2D eigenvalue weighted by Crippen LogP contribution is 2.34. The lowest BCUT2D eigenvalue weighted by molar-refractivity contribution is -0.119. The van der Waals surface area contributed by atoms with E-state index in [2.05, 4.69) is 26.8 Å². The predicted molar refractivity (Wildman–Crippen MR) is 80.9 cm³/mol. The van der Waals surface area contributed by atoms with Crippen molar-refractivity contribution in [2.24, 2.45) is 29.6 Å². The summed E-state index contributed by atoms with van der Waals surface area (Å²) in [4.78, 5) is 12.2. The van der Waals surface area contributed by atoms with Crippen molar-refractivity contribution < 1.29 is 4.79 Å². The van der Waals surface area contributed by atoms with E-state index in [0.717, 1.165) is 30.6 Å². The molecule has 0 spiro atoms. The summed E-state index contributed by atoms with van der Waals surface area (Å²) in [5.41, 5.74) is 0. The zero-order valence-corrected chi connectivity index (χ0v) is 12.9. The van der Waals surface area contributed by atoms with E-state index >= 15 is 0 Å². The molecular weight excluding hydrogens is 232 g/mol. The lowest BCUT2D eigenvalue weighted by atomic mass is 9.75. The number of ketones is 1. The molecule has 1 nitrogen and oxygen atoms in total. The normalized spacial score (nSPS) is 40.5. The third-order valence-electron chi connectivity index (χ3n) is 5.42. The SMILES string of the molecule is CC1CCC(C(=O)C=CC2CCC(C)CC2C)CC1. The van der Waals surface area contributed by atoms with Gasteiger partial charge in [0.1, 0.15) is 0 Å². The van der Waals surface area contributed by atoms with Gasteiger partial charge in [-0.3, -0.25) is 4.79 Å². The summed E-state index contributed by atoms with van der Waals surface area (Å²) < 4.78 is 0. The molecule has 2 fully saturated rings. The average Bonchev–Trinajstić information content (AvgIpc) is 2.38. The van der Waals surface area contributed by atoms with E-state index in [-0.39, 0.29) is 0 Å². The van der Waals surface area contributed by atoms with E-state index in [9.17, 15) is 4.79 Å². The molecule has 0 heterocycles. The van der Waals surface area contributed by atoms with Gasteiger partial charge in [-0.1, -0.05) is 46.1 Å². The lowest BCUT2D eigenvalue weighted by Crippen LogP contribution is -2.21.